The summed E-state index contributed by atoms with van der Waals surface area (Å²) in [7, 11) is 0. The molecule has 0 unspecified atom stereocenters. The van der Waals surface area contributed by atoms with E-state index >= 15 is 0 Å². The number of alkyl halides is 6. The van der Waals surface area contributed by atoms with Crippen LogP contribution in [0.3, 0.4) is 0 Å². The van der Waals surface area contributed by atoms with Crippen molar-refractivity contribution in [2.24, 2.45) is 5.92 Å². The number of hydrogen-bond acceptors (Lipinski definition) is 5. The second-order valence-corrected chi connectivity index (χ2v) is 9.65. The number of carbonyl (C=O) groups is 3. The molecule has 39 heavy (non-hydrogen) atoms. The van der Waals surface area contributed by atoms with Crippen LogP contribution in [0.4, 0.5) is 31.1 Å². The molecule has 0 spiro atoms. The van der Waals surface area contributed by atoms with E-state index in [9.17, 15) is 45.8 Å². The van der Waals surface area contributed by atoms with Gasteiger partial charge >= 0.3 is 18.4 Å². The van der Waals surface area contributed by atoms with E-state index in [2.05, 4.69) is 20.9 Å². The summed E-state index contributed by atoms with van der Waals surface area (Å²) in [6, 6.07) is -0.257. The minimum absolute atomic E-state index is 0.0277. The van der Waals surface area contributed by atoms with Gasteiger partial charge in [-0.15, -0.1) is 5.10 Å². The first-order valence-electron chi connectivity index (χ1n) is 11.2. The summed E-state index contributed by atoms with van der Waals surface area (Å²) >= 11 is 0. The van der Waals surface area contributed by atoms with Crippen LogP contribution in [-0.2, 0) is 21.9 Å². The number of hydrogen-bond donors (Lipinski definition) is 3. The Bertz CT molecular complexity index is 1210. The van der Waals surface area contributed by atoms with E-state index in [1.54, 1.807) is 34.6 Å². The molecule has 0 aliphatic carbocycles. The van der Waals surface area contributed by atoms with Crippen molar-refractivity contribution in [3.63, 3.8) is 0 Å². The van der Waals surface area contributed by atoms with Crippen LogP contribution in [0.25, 0.3) is 17.6 Å². The van der Waals surface area contributed by atoms with Crippen LogP contribution in [0.5, 0.6) is 0 Å². The van der Waals surface area contributed by atoms with Gasteiger partial charge in [-0.25, -0.2) is 14.5 Å². The maximum Gasteiger partial charge on any atom is 0.416 e. The Labute approximate surface area is 218 Å². The Hall–Kier alpha value is -4.11. The van der Waals surface area contributed by atoms with Gasteiger partial charge in [-0.05, 0) is 44.9 Å². The minimum Gasteiger partial charge on any atom is -0.465 e. The smallest absolute Gasteiger partial charge is 0.416 e. The molecule has 0 aliphatic heterocycles. The van der Waals surface area contributed by atoms with Gasteiger partial charge in [0.2, 0.25) is 0 Å². The van der Waals surface area contributed by atoms with Crippen LogP contribution in [0.1, 0.15) is 45.7 Å². The molecule has 1 aromatic carbocycles. The fraction of sp³-hybridized carbons (Fsp3) is 0.435. The van der Waals surface area contributed by atoms with Gasteiger partial charge in [0.1, 0.15) is 12.4 Å². The Morgan fingerprint density at radius 3 is 1.95 bits per heavy atom. The Kier molecular flexibility index (Phi) is 9.04. The van der Waals surface area contributed by atoms with E-state index in [4.69, 9.17) is 0 Å². The van der Waals surface area contributed by atoms with Gasteiger partial charge in [-0.2, -0.15) is 26.3 Å². The quantitative estimate of drug-likeness (QED) is 0.271. The fourth-order valence-electron chi connectivity index (χ4n) is 3.49. The summed E-state index contributed by atoms with van der Waals surface area (Å²) in [4.78, 5) is 41.2. The van der Waals surface area contributed by atoms with E-state index in [1.165, 1.54) is 0 Å². The number of halogens is 6. The highest BCUT2D eigenvalue weighted by Gasteiger charge is 2.40. The van der Waals surface area contributed by atoms with E-state index in [0.717, 1.165) is 28.2 Å². The molecule has 3 N–H and O–H groups in total. The second kappa shape index (κ2) is 11.3. The number of nitrogens with zero attached hydrogens (tertiary/aromatic N) is 4. The lowest BCUT2D eigenvalue weighted by Gasteiger charge is -2.40. The van der Waals surface area contributed by atoms with Crippen molar-refractivity contribution in [1.82, 2.24) is 30.5 Å². The molecule has 1 aromatic heterocycles. The van der Waals surface area contributed by atoms with Gasteiger partial charge in [0, 0.05) is 23.4 Å². The molecule has 3 amide bonds. The number of rotatable bonds is 6. The molecule has 0 bridgehead atoms. The lowest BCUT2D eigenvalue weighted by Crippen LogP contribution is -2.60. The first-order valence-corrected chi connectivity index (χ1v) is 11.2. The van der Waals surface area contributed by atoms with Crippen molar-refractivity contribution in [3.05, 3.63) is 41.7 Å². The molecule has 0 fully saturated rings. The second-order valence-electron chi connectivity index (χ2n) is 9.65. The van der Waals surface area contributed by atoms with Crippen molar-refractivity contribution in [2.75, 3.05) is 0 Å². The van der Waals surface area contributed by atoms with Crippen LogP contribution < -0.4 is 10.9 Å². The van der Waals surface area contributed by atoms with Crippen LogP contribution in [0.2, 0.25) is 0 Å². The number of nitrogens with one attached hydrogen (secondary N) is 2. The molecule has 1 atom stereocenters. The zero-order valence-electron chi connectivity index (χ0n) is 21.3. The molecule has 0 aliphatic rings. The van der Waals surface area contributed by atoms with Gasteiger partial charge in [-0.1, -0.05) is 13.8 Å². The summed E-state index contributed by atoms with van der Waals surface area (Å²) in [5.41, 5.74) is -0.380. The van der Waals surface area contributed by atoms with Crippen LogP contribution in [0.15, 0.2) is 30.6 Å². The van der Waals surface area contributed by atoms with E-state index in [-0.39, 0.29) is 6.07 Å². The van der Waals surface area contributed by atoms with E-state index in [0.29, 0.717) is 12.1 Å². The fourth-order valence-corrected chi connectivity index (χ4v) is 3.49. The zero-order valence-corrected chi connectivity index (χ0v) is 21.3. The predicted molar refractivity (Wildman–Crippen MR) is 125 cm³/mol. The number of carbonyl (C=O) groups excluding carboxylic acids is 2. The molecule has 2 aromatic rings. The summed E-state index contributed by atoms with van der Waals surface area (Å²) in [5.74, 6) is -2.65. The number of aromatic nitrogens is 3. The summed E-state index contributed by atoms with van der Waals surface area (Å²) in [6.07, 6.45) is -8.68. The monoisotopic (exact) mass is 564 g/mol. The maximum atomic E-state index is 13.1. The SMILES string of the molecule is CC(C)[C@H](C(=O)NNC(=O)C=Cn1cnc(-c2cc(C(F)(F)F)cc(C(F)(F)F)c2)n1)N(C(=O)O)C(C)(C)C. The summed E-state index contributed by atoms with van der Waals surface area (Å²) < 4.78 is 79.5. The predicted octanol–water partition coefficient (Wildman–Crippen LogP) is 4.40. The molecule has 0 radical (unpaired) electrons. The standard InChI is InChI=1S/C23H26F6N6O4/c1-12(2)17(35(20(38)39)21(3,4)5)19(37)32-31-16(36)6-7-34-11-30-18(33-34)13-8-14(22(24,25)26)10-15(9-13)23(27,28)29/h6-12,17H,1-5H3,(H,31,36)(H,32,37)(H,38,39)/t17-/m1/s1. The van der Waals surface area contributed by atoms with Crippen molar-refractivity contribution in [3.8, 4) is 11.4 Å². The highest BCUT2D eigenvalue weighted by molar-refractivity contribution is 5.93. The highest BCUT2D eigenvalue weighted by Crippen LogP contribution is 2.38. The van der Waals surface area contributed by atoms with Crippen LogP contribution in [-0.4, -0.2) is 54.3 Å². The van der Waals surface area contributed by atoms with Crippen molar-refractivity contribution < 1.29 is 45.8 Å². The summed E-state index contributed by atoms with van der Waals surface area (Å²) in [5, 5.41) is 13.3. The molecule has 214 valence electrons. The average Bonchev–Trinajstić information content (AvgIpc) is 3.26. The van der Waals surface area contributed by atoms with Crippen molar-refractivity contribution in [1.29, 1.82) is 0 Å². The first-order chi connectivity index (χ1) is 17.7. The third-order valence-corrected chi connectivity index (χ3v) is 5.15. The largest absolute Gasteiger partial charge is 0.465 e. The molecule has 10 nitrogen and oxygen atoms in total. The average molecular weight is 564 g/mol. The third kappa shape index (κ3) is 8.19. The first kappa shape index (κ1) is 31.1. The molecule has 2 rings (SSSR count). The molecule has 0 saturated heterocycles. The van der Waals surface area contributed by atoms with Gasteiger partial charge < -0.3 is 5.11 Å². The molecule has 0 saturated carbocycles. The van der Waals surface area contributed by atoms with Crippen LogP contribution in [0, 0.1) is 5.92 Å². The Balaban J connectivity index is 2.17. The summed E-state index contributed by atoms with van der Waals surface area (Å²) in [6.45, 7) is 8.04. The third-order valence-electron chi connectivity index (χ3n) is 5.15. The Morgan fingerprint density at radius 2 is 1.51 bits per heavy atom. The lowest BCUT2D eigenvalue weighted by atomic mass is 9.96. The normalized spacial score (nSPS) is 13.4. The van der Waals surface area contributed by atoms with Gasteiger partial charge in [0.25, 0.3) is 11.8 Å². The number of benzene rings is 1. The van der Waals surface area contributed by atoms with Crippen molar-refractivity contribution in [2.45, 2.75) is 58.6 Å². The zero-order chi connectivity index (χ0) is 29.9. The Morgan fingerprint density at radius 1 is 0.974 bits per heavy atom. The topological polar surface area (TPSA) is 129 Å². The lowest BCUT2D eigenvalue weighted by molar-refractivity contribution is -0.143. The van der Waals surface area contributed by atoms with Gasteiger partial charge in [-0.3, -0.25) is 25.3 Å². The molecule has 1 heterocycles. The molecular formula is C23H26F6N6O4. The van der Waals surface area contributed by atoms with E-state index in [1.807, 2.05) is 0 Å². The number of hydrazine groups is 1. The van der Waals surface area contributed by atoms with Gasteiger partial charge in [0.05, 0.1) is 11.1 Å². The highest BCUT2D eigenvalue weighted by atomic mass is 19.4. The number of carboxylic acid groups (broad SMARTS) is 1. The number of amides is 3. The van der Waals surface area contributed by atoms with Crippen LogP contribution >= 0.6 is 0 Å². The minimum atomic E-state index is -5.05. The molecule has 16 heteroatoms. The van der Waals surface area contributed by atoms with Gasteiger partial charge in [0.15, 0.2) is 5.82 Å². The van der Waals surface area contributed by atoms with E-state index < -0.39 is 70.3 Å². The maximum absolute atomic E-state index is 13.1. The molecular weight excluding hydrogens is 538 g/mol. The van der Waals surface area contributed by atoms with Crippen molar-refractivity contribution >= 4 is 24.1 Å².